The van der Waals surface area contributed by atoms with E-state index in [0.29, 0.717) is 18.7 Å². The van der Waals surface area contributed by atoms with Gasteiger partial charge in [0, 0.05) is 24.2 Å². The number of nitrogens with zero attached hydrogens (tertiary/aromatic N) is 3. The van der Waals surface area contributed by atoms with Crippen LogP contribution in [0.25, 0.3) is 11.3 Å². The Hall–Kier alpha value is -3.52. The summed E-state index contributed by atoms with van der Waals surface area (Å²) in [5.74, 6) is -0.290. The number of anilines is 2. The van der Waals surface area contributed by atoms with E-state index in [1.807, 2.05) is 42.3 Å². The fourth-order valence-corrected chi connectivity index (χ4v) is 4.03. The zero-order chi connectivity index (χ0) is 23.2. The molecule has 4 rings (SSSR count). The molecule has 3 aromatic rings. The van der Waals surface area contributed by atoms with Gasteiger partial charge in [0.1, 0.15) is 5.82 Å². The number of amides is 2. The molecule has 2 N–H and O–H groups in total. The average Bonchev–Trinajstić information content (AvgIpc) is 3.44. The van der Waals surface area contributed by atoms with Crippen molar-refractivity contribution in [2.45, 2.75) is 25.7 Å². The number of aryl methyl sites for hydroxylation is 1. The minimum Gasteiger partial charge on any atom is -0.323 e. The second-order valence-corrected chi connectivity index (χ2v) is 8.34. The molecule has 1 fully saturated rings. The molecule has 0 aliphatic carbocycles. The Morgan fingerprint density at radius 1 is 1.21 bits per heavy atom. The summed E-state index contributed by atoms with van der Waals surface area (Å²) in [4.78, 5) is 28.4. The van der Waals surface area contributed by atoms with E-state index in [9.17, 15) is 14.0 Å². The van der Waals surface area contributed by atoms with Crippen LogP contribution in [0.4, 0.5) is 15.8 Å². The number of hydrogen-bond donors (Lipinski definition) is 2. The third-order valence-corrected chi connectivity index (χ3v) is 5.71. The summed E-state index contributed by atoms with van der Waals surface area (Å²) in [5.41, 5.74) is 4.07. The van der Waals surface area contributed by atoms with Crippen LogP contribution in [0.15, 0.2) is 54.6 Å². The average molecular weight is 450 g/mol. The molecule has 172 valence electrons. The number of halogens is 1. The first-order valence-electron chi connectivity index (χ1n) is 11.2. The highest BCUT2D eigenvalue weighted by Gasteiger charge is 2.24. The summed E-state index contributed by atoms with van der Waals surface area (Å²) in [7, 11) is 1.91. The summed E-state index contributed by atoms with van der Waals surface area (Å²) in [6.45, 7) is 1.68. The van der Waals surface area contributed by atoms with Gasteiger partial charge in [-0.05, 0) is 75.3 Å². The van der Waals surface area contributed by atoms with Crippen molar-refractivity contribution in [3.63, 3.8) is 0 Å². The molecule has 33 heavy (non-hydrogen) atoms. The summed E-state index contributed by atoms with van der Waals surface area (Å²) in [6, 6.07) is 15.7. The van der Waals surface area contributed by atoms with Gasteiger partial charge in [0.2, 0.25) is 11.8 Å². The number of likely N-dealkylation sites (N-methyl/N-ethyl adjacent to an activating group) is 1. The molecule has 2 amide bonds. The Morgan fingerprint density at radius 2 is 2.00 bits per heavy atom. The number of carbonyl (C=O) groups excluding carboxylic acids is 2. The first-order chi connectivity index (χ1) is 16.0. The lowest BCUT2D eigenvalue weighted by atomic mass is 10.1. The van der Waals surface area contributed by atoms with Gasteiger partial charge < -0.3 is 10.2 Å². The van der Waals surface area contributed by atoms with Gasteiger partial charge in [-0.1, -0.05) is 12.1 Å². The minimum atomic E-state index is -0.269. The topological polar surface area (TPSA) is 81.3 Å². The number of carbonyl (C=O) groups is 2. The molecule has 0 atom stereocenters. The van der Waals surface area contributed by atoms with Gasteiger partial charge in [-0.2, -0.15) is 5.10 Å². The number of benzene rings is 2. The van der Waals surface area contributed by atoms with Crippen molar-refractivity contribution in [2.75, 3.05) is 36.9 Å². The molecular formula is C25H28FN5O2. The molecule has 1 saturated heterocycles. The van der Waals surface area contributed by atoms with E-state index in [2.05, 4.69) is 15.5 Å². The molecule has 0 bridgehead atoms. The summed E-state index contributed by atoms with van der Waals surface area (Å²) < 4.78 is 13.1. The molecule has 0 saturated carbocycles. The van der Waals surface area contributed by atoms with E-state index in [1.165, 1.54) is 12.1 Å². The van der Waals surface area contributed by atoms with Gasteiger partial charge in [0.15, 0.2) is 0 Å². The maximum Gasteiger partial charge on any atom is 0.238 e. The first-order valence-corrected chi connectivity index (χ1v) is 11.2. The van der Waals surface area contributed by atoms with Crippen LogP contribution in [-0.4, -0.2) is 53.6 Å². The lowest BCUT2D eigenvalue weighted by Crippen LogP contribution is -2.32. The SMILES string of the molecule is CN(CCCc1cc(-c2ccc(F)cc2)n[nH]1)CC(=O)Nc1ccccc1N1CCCC1=O. The molecule has 2 heterocycles. The van der Waals surface area contributed by atoms with Gasteiger partial charge in [-0.3, -0.25) is 19.6 Å². The zero-order valence-corrected chi connectivity index (χ0v) is 18.7. The van der Waals surface area contributed by atoms with Crippen LogP contribution in [0.3, 0.4) is 0 Å². The fourth-order valence-electron chi connectivity index (χ4n) is 4.03. The number of H-pyrrole nitrogens is 1. The molecule has 2 aromatic carbocycles. The van der Waals surface area contributed by atoms with Crippen molar-refractivity contribution >= 4 is 23.2 Å². The molecular weight excluding hydrogens is 421 g/mol. The Labute approximate surface area is 192 Å². The Kier molecular flexibility index (Phi) is 7.14. The van der Waals surface area contributed by atoms with Crippen LogP contribution < -0.4 is 10.2 Å². The monoisotopic (exact) mass is 449 g/mol. The van der Waals surface area contributed by atoms with Crippen LogP contribution in [0.1, 0.15) is 25.0 Å². The largest absolute Gasteiger partial charge is 0.323 e. The second-order valence-electron chi connectivity index (χ2n) is 8.34. The molecule has 1 aliphatic rings. The van der Waals surface area contributed by atoms with Crippen molar-refractivity contribution in [3.05, 3.63) is 66.1 Å². The van der Waals surface area contributed by atoms with Crippen LogP contribution in [0.2, 0.25) is 0 Å². The Bertz CT molecular complexity index is 1110. The lowest BCUT2D eigenvalue weighted by molar-refractivity contribution is -0.118. The molecule has 0 radical (unpaired) electrons. The number of hydrogen-bond acceptors (Lipinski definition) is 4. The minimum absolute atomic E-state index is 0.0928. The van der Waals surface area contributed by atoms with E-state index in [0.717, 1.165) is 48.4 Å². The van der Waals surface area contributed by atoms with E-state index < -0.39 is 0 Å². The van der Waals surface area contributed by atoms with Crippen LogP contribution in [0.5, 0.6) is 0 Å². The van der Waals surface area contributed by atoms with Crippen molar-refractivity contribution in [3.8, 4) is 11.3 Å². The van der Waals surface area contributed by atoms with Gasteiger partial charge in [0.25, 0.3) is 0 Å². The Balaban J connectivity index is 1.25. The summed E-state index contributed by atoms with van der Waals surface area (Å²) in [6.07, 6.45) is 3.03. The van der Waals surface area contributed by atoms with E-state index in [-0.39, 0.29) is 24.2 Å². The van der Waals surface area contributed by atoms with Crippen molar-refractivity contribution in [2.24, 2.45) is 0 Å². The molecule has 0 spiro atoms. The van der Waals surface area contributed by atoms with Crippen molar-refractivity contribution in [1.82, 2.24) is 15.1 Å². The molecule has 0 unspecified atom stereocenters. The van der Waals surface area contributed by atoms with Gasteiger partial charge in [0.05, 0.1) is 23.6 Å². The normalized spacial score (nSPS) is 13.7. The van der Waals surface area contributed by atoms with E-state index in [1.54, 1.807) is 17.0 Å². The molecule has 7 nitrogen and oxygen atoms in total. The van der Waals surface area contributed by atoms with Crippen molar-refractivity contribution in [1.29, 1.82) is 0 Å². The lowest BCUT2D eigenvalue weighted by Gasteiger charge is -2.21. The number of rotatable bonds is 9. The van der Waals surface area contributed by atoms with Crippen LogP contribution in [0, 0.1) is 5.82 Å². The third kappa shape index (κ3) is 5.84. The predicted molar refractivity (Wildman–Crippen MR) is 126 cm³/mol. The van der Waals surface area contributed by atoms with Gasteiger partial charge in [-0.25, -0.2) is 4.39 Å². The number of aromatic amines is 1. The predicted octanol–water partition coefficient (Wildman–Crippen LogP) is 3.85. The first kappa shape index (κ1) is 22.7. The molecule has 1 aliphatic heterocycles. The zero-order valence-electron chi connectivity index (χ0n) is 18.7. The highest BCUT2D eigenvalue weighted by atomic mass is 19.1. The van der Waals surface area contributed by atoms with Gasteiger partial charge >= 0.3 is 0 Å². The maximum absolute atomic E-state index is 13.1. The standard InChI is InChI=1S/C25H28FN5O2/c1-30(14-4-6-20-16-22(29-28-20)18-10-12-19(26)13-11-18)17-24(32)27-21-7-2-3-8-23(21)31-15-5-9-25(31)33/h2-3,7-8,10-13,16H,4-6,9,14-15,17H2,1H3,(H,27,32)(H,28,29). The quantitative estimate of drug-likeness (QED) is 0.520. The molecule has 8 heteroatoms. The second kappa shape index (κ2) is 10.4. The highest BCUT2D eigenvalue weighted by molar-refractivity contribution is 6.02. The smallest absolute Gasteiger partial charge is 0.238 e. The highest BCUT2D eigenvalue weighted by Crippen LogP contribution is 2.29. The summed E-state index contributed by atoms with van der Waals surface area (Å²) >= 11 is 0. The number of para-hydroxylation sites is 2. The fraction of sp³-hybridized carbons (Fsp3) is 0.320. The van der Waals surface area contributed by atoms with Crippen molar-refractivity contribution < 1.29 is 14.0 Å². The van der Waals surface area contributed by atoms with Crippen LogP contribution >= 0.6 is 0 Å². The summed E-state index contributed by atoms with van der Waals surface area (Å²) in [5, 5.41) is 10.3. The molecule has 1 aromatic heterocycles. The van der Waals surface area contributed by atoms with E-state index in [4.69, 9.17) is 0 Å². The van der Waals surface area contributed by atoms with Crippen LogP contribution in [-0.2, 0) is 16.0 Å². The van der Waals surface area contributed by atoms with Gasteiger partial charge in [-0.15, -0.1) is 0 Å². The number of nitrogens with one attached hydrogen (secondary N) is 2. The Morgan fingerprint density at radius 3 is 2.76 bits per heavy atom. The van der Waals surface area contributed by atoms with E-state index >= 15 is 0 Å². The maximum atomic E-state index is 13.1. The number of aromatic nitrogens is 2. The third-order valence-electron chi connectivity index (χ3n) is 5.71.